The van der Waals surface area contributed by atoms with Gasteiger partial charge in [-0.1, -0.05) is 62.9 Å². The summed E-state index contributed by atoms with van der Waals surface area (Å²) in [4.78, 5) is 0. The third-order valence-corrected chi connectivity index (χ3v) is 5.04. The molecule has 1 unspecified atom stereocenters. The second kappa shape index (κ2) is 7.26. The van der Waals surface area contributed by atoms with E-state index in [1.807, 2.05) is 0 Å². The van der Waals surface area contributed by atoms with Gasteiger partial charge in [0.1, 0.15) is 0 Å². The molecule has 1 aliphatic carbocycles. The molecule has 1 aromatic rings. The predicted octanol–water partition coefficient (Wildman–Crippen LogP) is 4.88. The molecule has 1 saturated carbocycles. The predicted molar refractivity (Wildman–Crippen MR) is 88.2 cm³/mol. The summed E-state index contributed by atoms with van der Waals surface area (Å²) < 4.78 is 0. The summed E-state index contributed by atoms with van der Waals surface area (Å²) in [5.41, 5.74) is 3.32. The van der Waals surface area contributed by atoms with Crippen LogP contribution in [0.4, 0.5) is 0 Å². The Morgan fingerprint density at radius 2 is 1.75 bits per heavy atom. The summed E-state index contributed by atoms with van der Waals surface area (Å²) in [6.45, 7) is 8.08. The van der Waals surface area contributed by atoms with E-state index in [1.165, 1.54) is 56.1 Å². The van der Waals surface area contributed by atoms with Crippen LogP contribution in [0, 0.1) is 12.3 Å². The molecule has 0 aliphatic heterocycles. The van der Waals surface area contributed by atoms with E-state index in [-0.39, 0.29) is 0 Å². The minimum atomic E-state index is 0.484. The van der Waals surface area contributed by atoms with Gasteiger partial charge in [-0.15, -0.1) is 0 Å². The van der Waals surface area contributed by atoms with Crippen LogP contribution < -0.4 is 5.32 Å². The van der Waals surface area contributed by atoms with Crippen molar-refractivity contribution in [1.82, 2.24) is 5.32 Å². The zero-order chi connectivity index (χ0) is 14.4. The average Bonchev–Trinajstić information content (AvgIpc) is 2.46. The van der Waals surface area contributed by atoms with Crippen molar-refractivity contribution in [2.75, 3.05) is 6.54 Å². The van der Waals surface area contributed by atoms with Crippen LogP contribution >= 0.6 is 0 Å². The SMILES string of the molecule is CCCNC(Cc1ccc(C)cc1)C1(C)CCCCC1. The topological polar surface area (TPSA) is 12.0 Å². The molecular formula is C19H31N. The van der Waals surface area contributed by atoms with Crippen LogP contribution in [0.1, 0.15) is 63.5 Å². The molecule has 0 aromatic heterocycles. The fraction of sp³-hybridized carbons (Fsp3) is 0.684. The molecule has 0 amide bonds. The molecule has 2 rings (SSSR count). The van der Waals surface area contributed by atoms with Crippen LogP contribution in [0.5, 0.6) is 0 Å². The highest BCUT2D eigenvalue weighted by atomic mass is 14.9. The number of nitrogens with one attached hydrogen (secondary N) is 1. The van der Waals surface area contributed by atoms with Gasteiger partial charge in [-0.05, 0) is 50.1 Å². The molecule has 0 saturated heterocycles. The van der Waals surface area contributed by atoms with Crippen LogP contribution in [0.2, 0.25) is 0 Å². The summed E-state index contributed by atoms with van der Waals surface area (Å²) in [5.74, 6) is 0. The Morgan fingerprint density at radius 1 is 1.10 bits per heavy atom. The normalized spacial score (nSPS) is 19.8. The van der Waals surface area contributed by atoms with Crippen molar-refractivity contribution in [3.8, 4) is 0 Å². The summed E-state index contributed by atoms with van der Waals surface area (Å²) >= 11 is 0. The fourth-order valence-corrected chi connectivity index (χ4v) is 3.55. The van der Waals surface area contributed by atoms with Crippen molar-refractivity contribution in [3.63, 3.8) is 0 Å². The smallest absolute Gasteiger partial charge is 0.0161 e. The van der Waals surface area contributed by atoms with Gasteiger partial charge in [0, 0.05) is 6.04 Å². The molecule has 1 fully saturated rings. The van der Waals surface area contributed by atoms with Gasteiger partial charge in [-0.3, -0.25) is 0 Å². The Morgan fingerprint density at radius 3 is 2.35 bits per heavy atom. The van der Waals surface area contributed by atoms with E-state index >= 15 is 0 Å². The molecule has 0 heterocycles. The largest absolute Gasteiger partial charge is 0.313 e. The van der Waals surface area contributed by atoms with Crippen LogP contribution in [-0.2, 0) is 6.42 Å². The van der Waals surface area contributed by atoms with E-state index in [4.69, 9.17) is 0 Å². The Hall–Kier alpha value is -0.820. The standard InChI is InChI=1S/C19H31N/c1-4-14-20-18(19(3)12-6-5-7-13-19)15-17-10-8-16(2)9-11-17/h8-11,18,20H,4-7,12-15H2,1-3H3. The highest BCUT2D eigenvalue weighted by Crippen LogP contribution is 2.39. The van der Waals surface area contributed by atoms with Gasteiger partial charge in [0.05, 0.1) is 0 Å². The number of hydrogen-bond acceptors (Lipinski definition) is 1. The van der Waals surface area contributed by atoms with E-state index in [0.29, 0.717) is 11.5 Å². The lowest BCUT2D eigenvalue weighted by Crippen LogP contribution is -2.46. The highest BCUT2D eigenvalue weighted by molar-refractivity contribution is 5.22. The zero-order valence-corrected chi connectivity index (χ0v) is 13.5. The van der Waals surface area contributed by atoms with E-state index in [0.717, 1.165) is 6.54 Å². The van der Waals surface area contributed by atoms with Crippen LogP contribution in [0.3, 0.4) is 0 Å². The second-order valence-corrected chi connectivity index (χ2v) is 6.91. The van der Waals surface area contributed by atoms with Crippen molar-refractivity contribution in [1.29, 1.82) is 0 Å². The summed E-state index contributed by atoms with van der Waals surface area (Å²) in [7, 11) is 0. The minimum Gasteiger partial charge on any atom is -0.313 e. The molecule has 1 N–H and O–H groups in total. The van der Waals surface area contributed by atoms with Crippen LogP contribution in [-0.4, -0.2) is 12.6 Å². The van der Waals surface area contributed by atoms with E-state index in [2.05, 4.69) is 50.4 Å². The molecule has 0 radical (unpaired) electrons. The number of hydrogen-bond donors (Lipinski definition) is 1. The van der Waals surface area contributed by atoms with Gasteiger partial charge < -0.3 is 5.32 Å². The highest BCUT2D eigenvalue weighted by Gasteiger charge is 2.34. The lowest BCUT2D eigenvalue weighted by Gasteiger charge is -2.41. The van der Waals surface area contributed by atoms with Crippen molar-refractivity contribution in [2.24, 2.45) is 5.41 Å². The number of rotatable bonds is 6. The molecule has 1 aromatic carbocycles. The first kappa shape index (κ1) is 15.6. The minimum absolute atomic E-state index is 0.484. The second-order valence-electron chi connectivity index (χ2n) is 6.91. The fourth-order valence-electron chi connectivity index (χ4n) is 3.55. The first-order valence-corrected chi connectivity index (χ1v) is 8.43. The monoisotopic (exact) mass is 273 g/mol. The summed E-state index contributed by atoms with van der Waals surface area (Å²) in [6, 6.07) is 9.74. The molecule has 1 heteroatoms. The Kier molecular flexibility index (Phi) is 5.65. The number of benzene rings is 1. The molecule has 1 nitrogen and oxygen atoms in total. The molecule has 0 bridgehead atoms. The third-order valence-electron chi connectivity index (χ3n) is 5.04. The molecule has 0 spiro atoms. The van der Waals surface area contributed by atoms with Crippen molar-refractivity contribution in [3.05, 3.63) is 35.4 Å². The van der Waals surface area contributed by atoms with E-state index in [9.17, 15) is 0 Å². The lowest BCUT2D eigenvalue weighted by atomic mass is 9.69. The third kappa shape index (κ3) is 4.09. The maximum atomic E-state index is 3.84. The van der Waals surface area contributed by atoms with Gasteiger partial charge in [-0.2, -0.15) is 0 Å². The van der Waals surface area contributed by atoms with Crippen molar-refractivity contribution < 1.29 is 0 Å². The lowest BCUT2D eigenvalue weighted by molar-refractivity contribution is 0.143. The average molecular weight is 273 g/mol. The van der Waals surface area contributed by atoms with E-state index in [1.54, 1.807) is 0 Å². The van der Waals surface area contributed by atoms with Crippen LogP contribution in [0.15, 0.2) is 24.3 Å². The quantitative estimate of drug-likeness (QED) is 0.779. The Labute approximate surface area is 125 Å². The molecule has 1 aliphatic rings. The van der Waals surface area contributed by atoms with Gasteiger partial charge >= 0.3 is 0 Å². The Balaban J connectivity index is 2.07. The maximum Gasteiger partial charge on any atom is 0.0161 e. The summed E-state index contributed by atoms with van der Waals surface area (Å²) in [5, 5.41) is 3.84. The van der Waals surface area contributed by atoms with Crippen molar-refractivity contribution in [2.45, 2.75) is 71.8 Å². The maximum absolute atomic E-state index is 3.84. The molecule has 20 heavy (non-hydrogen) atoms. The molecule has 112 valence electrons. The number of aryl methyl sites for hydroxylation is 1. The van der Waals surface area contributed by atoms with Gasteiger partial charge in [0.2, 0.25) is 0 Å². The van der Waals surface area contributed by atoms with Gasteiger partial charge in [-0.25, -0.2) is 0 Å². The van der Waals surface area contributed by atoms with Gasteiger partial charge in [0.25, 0.3) is 0 Å². The van der Waals surface area contributed by atoms with Gasteiger partial charge in [0.15, 0.2) is 0 Å². The summed E-state index contributed by atoms with van der Waals surface area (Å²) in [6.07, 6.45) is 9.43. The molecular weight excluding hydrogens is 242 g/mol. The van der Waals surface area contributed by atoms with E-state index < -0.39 is 0 Å². The van der Waals surface area contributed by atoms with Crippen LogP contribution in [0.25, 0.3) is 0 Å². The first-order valence-electron chi connectivity index (χ1n) is 8.43. The van der Waals surface area contributed by atoms with Crippen molar-refractivity contribution >= 4 is 0 Å². The molecule has 1 atom stereocenters. The zero-order valence-electron chi connectivity index (χ0n) is 13.5. The Bertz CT molecular complexity index is 387. The first-order chi connectivity index (χ1) is 9.64.